The first-order valence-electron chi connectivity index (χ1n) is 8.67. The number of benzene rings is 2. The van der Waals surface area contributed by atoms with Gasteiger partial charge in [-0.25, -0.2) is 4.79 Å². The van der Waals surface area contributed by atoms with Crippen molar-refractivity contribution in [1.29, 1.82) is 0 Å². The summed E-state index contributed by atoms with van der Waals surface area (Å²) in [5.74, 6) is -0.0938. The molecule has 1 heterocycles. The molecule has 0 radical (unpaired) electrons. The Balaban J connectivity index is 1.44. The van der Waals surface area contributed by atoms with E-state index in [2.05, 4.69) is 22.8 Å². The van der Waals surface area contributed by atoms with Gasteiger partial charge in [-0.15, -0.1) is 0 Å². The van der Waals surface area contributed by atoms with Crippen molar-refractivity contribution in [2.24, 2.45) is 0 Å². The predicted octanol–water partition coefficient (Wildman–Crippen LogP) is 2.68. The number of urea groups is 1. The second-order valence-corrected chi connectivity index (χ2v) is 6.76. The van der Waals surface area contributed by atoms with Crippen LogP contribution in [0.4, 0.5) is 10.5 Å². The first-order chi connectivity index (χ1) is 12.2. The molecule has 2 aromatic rings. The minimum atomic E-state index is -0.112. The SMILES string of the molecule is O=C(NCC1(c2ccccc2)CC1)c1cccc(N2CCNC2=O)c1. The van der Waals surface area contributed by atoms with Crippen LogP contribution in [0.3, 0.4) is 0 Å². The third-order valence-electron chi connectivity index (χ3n) is 5.10. The number of rotatable bonds is 5. The van der Waals surface area contributed by atoms with E-state index in [0.29, 0.717) is 25.2 Å². The molecule has 1 aliphatic carbocycles. The van der Waals surface area contributed by atoms with Crippen molar-refractivity contribution in [3.05, 3.63) is 65.7 Å². The minimum Gasteiger partial charge on any atom is -0.351 e. The fourth-order valence-corrected chi connectivity index (χ4v) is 3.39. The van der Waals surface area contributed by atoms with Gasteiger partial charge >= 0.3 is 6.03 Å². The third kappa shape index (κ3) is 3.09. The van der Waals surface area contributed by atoms with Crippen molar-refractivity contribution >= 4 is 17.6 Å². The average Bonchev–Trinajstić information content (AvgIpc) is 3.34. The van der Waals surface area contributed by atoms with Crippen molar-refractivity contribution in [3.8, 4) is 0 Å². The first-order valence-corrected chi connectivity index (χ1v) is 8.67. The molecule has 1 saturated heterocycles. The Labute approximate surface area is 147 Å². The van der Waals surface area contributed by atoms with Gasteiger partial charge in [0, 0.05) is 36.3 Å². The van der Waals surface area contributed by atoms with Crippen LogP contribution in [0.1, 0.15) is 28.8 Å². The number of carbonyl (C=O) groups excluding carboxylic acids is 2. The summed E-state index contributed by atoms with van der Waals surface area (Å²) >= 11 is 0. The molecule has 3 amide bonds. The monoisotopic (exact) mass is 335 g/mol. The summed E-state index contributed by atoms with van der Waals surface area (Å²) in [6.45, 7) is 1.90. The van der Waals surface area contributed by atoms with E-state index in [-0.39, 0.29) is 17.4 Å². The standard InChI is InChI=1S/C20H21N3O2/c24-18(22-14-20(9-10-20)16-6-2-1-3-7-16)15-5-4-8-17(13-15)23-12-11-21-19(23)25/h1-8,13H,9-12,14H2,(H,21,25)(H,22,24). The molecular weight excluding hydrogens is 314 g/mol. The van der Waals surface area contributed by atoms with Gasteiger partial charge in [-0.2, -0.15) is 0 Å². The largest absolute Gasteiger partial charge is 0.351 e. The average molecular weight is 335 g/mol. The van der Waals surface area contributed by atoms with E-state index in [1.807, 2.05) is 30.3 Å². The fraction of sp³-hybridized carbons (Fsp3) is 0.300. The maximum atomic E-state index is 12.6. The van der Waals surface area contributed by atoms with Crippen molar-refractivity contribution in [1.82, 2.24) is 10.6 Å². The van der Waals surface area contributed by atoms with Crippen LogP contribution in [0.15, 0.2) is 54.6 Å². The molecule has 1 aliphatic heterocycles. The van der Waals surface area contributed by atoms with E-state index in [1.165, 1.54) is 5.56 Å². The van der Waals surface area contributed by atoms with Gasteiger partial charge in [0.2, 0.25) is 0 Å². The van der Waals surface area contributed by atoms with E-state index < -0.39 is 0 Å². The maximum Gasteiger partial charge on any atom is 0.321 e. The highest BCUT2D eigenvalue weighted by Gasteiger charge is 2.44. The second-order valence-electron chi connectivity index (χ2n) is 6.76. The summed E-state index contributed by atoms with van der Waals surface area (Å²) in [7, 11) is 0. The second kappa shape index (κ2) is 6.24. The molecule has 25 heavy (non-hydrogen) atoms. The van der Waals surface area contributed by atoms with Gasteiger partial charge in [-0.05, 0) is 36.6 Å². The van der Waals surface area contributed by atoms with Gasteiger partial charge in [0.05, 0.1) is 0 Å². The van der Waals surface area contributed by atoms with Crippen LogP contribution in [0, 0.1) is 0 Å². The summed E-state index contributed by atoms with van der Waals surface area (Å²) in [6, 6.07) is 17.5. The zero-order valence-corrected chi connectivity index (χ0v) is 14.0. The Morgan fingerprint density at radius 1 is 1.12 bits per heavy atom. The molecule has 5 nitrogen and oxygen atoms in total. The van der Waals surface area contributed by atoms with Crippen LogP contribution in [-0.2, 0) is 5.41 Å². The number of nitrogens with zero attached hydrogens (tertiary/aromatic N) is 1. The number of nitrogens with one attached hydrogen (secondary N) is 2. The number of anilines is 1. The summed E-state index contributed by atoms with van der Waals surface area (Å²) in [5, 5.41) is 5.85. The van der Waals surface area contributed by atoms with Crippen LogP contribution in [0.5, 0.6) is 0 Å². The third-order valence-corrected chi connectivity index (χ3v) is 5.10. The van der Waals surface area contributed by atoms with Gasteiger partial charge in [0.15, 0.2) is 0 Å². The van der Waals surface area contributed by atoms with Gasteiger partial charge in [0.1, 0.15) is 0 Å². The molecular formula is C20H21N3O2. The van der Waals surface area contributed by atoms with E-state index >= 15 is 0 Å². The molecule has 5 heteroatoms. The molecule has 4 rings (SSSR count). The molecule has 1 saturated carbocycles. The van der Waals surface area contributed by atoms with E-state index in [4.69, 9.17) is 0 Å². The van der Waals surface area contributed by atoms with Gasteiger partial charge in [-0.1, -0.05) is 36.4 Å². The lowest BCUT2D eigenvalue weighted by Gasteiger charge is -2.18. The molecule has 0 bridgehead atoms. The lowest BCUT2D eigenvalue weighted by atomic mass is 9.96. The molecule has 2 aromatic carbocycles. The van der Waals surface area contributed by atoms with Gasteiger partial charge < -0.3 is 10.6 Å². The van der Waals surface area contributed by atoms with Crippen LogP contribution in [0.25, 0.3) is 0 Å². The number of hydrogen-bond acceptors (Lipinski definition) is 2. The Bertz CT molecular complexity index is 800. The lowest BCUT2D eigenvalue weighted by Crippen LogP contribution is -2.32. The van der Waals surface area contributed by atoms with Crippen LogP contribution in [0.2, 0.25) is 0 Å². The quantitative estimate of drug-likeness (QED) is 0.882. The Morgan fingerprint density at radius 3 is 2.60 bits per heavy atom. The molecule has 2 fully saturated rings. The Morgan fingerprint density at radius 2 is 1.92 bits per heavy atom. The molecule has 128 valence electrons. The summed E-state index contributed by atoms with van der Waals surface area (Å²) in [4.78, 5) is 26.0. The molecule has 2 aliphatic rings. The van der Waals surface area contributed by atoms with Crippen LogP contribution >= 0.6 is 0 Å². The van der Waals surface area contributed by atoms with Crippen molar-refractivity contribution in [3.63, 3.8) is 0 Å². The molecule has 0 unspecified atom stereocenters. The smallest absolute Gasteiger partial charge is 0.321 e. The number of hydrogen-bond donors (Lipinski definition) is 2. The van der Waals surface area contributed by atoms with Crippen molar-refractivity contribution in [2.75, 3.05) is 24.5 Å². The first kappa shape index (κ1) is 15.7. The highest BCUT2D eigenvalue weighted by atomic mass is 16.2. The fourth-order valence-electron chi connectivity index (χ4n) is 3.39. The zero-order chi connectivity index (χ0) is 17.3. The normalized spacial score (nSPS) is 17.9. The predicted molar refractivity (Wildman–Crippen MR) is 96.9 cm³/mol. The maximum absolute atomic E-state index is 12.6. The Kier molecular flexibility index (Phi) is 3.92. The molecule has 0 spiro atoms. The molecule has 0 aromatic heterocycles. The summed E-state index contributed by atoms with van der Waals surface area (Å²) in [6.07, 6.45) is 2.20. The minimum absolute atomic E-state index is 0.0867. The number of carbonyl (C=O) groups is 2. The highest BCUT2D eigenvalue weighted by Crippen LogP contribution is 2.47. The lowest BCUT2D eigenvalue weighted by molar-refractivity contribution is 0.0949. The van der Waals surface area contributed by atoms with Crippen molar-refractivity contribution in [2.45, 2.75) is 18.3 Å². The van der Waals surface area contributed by atoms with Crippen molar-refractivity contribution < 1.29 is 9.59 Å². The van der Waals surface area contributed by atoms with E-state index in [9.17, 15) is 9.59 Å². The summed E-state index contributed by atoms with van der Waals surface area (Å²) in [5.41, 5.74) is 2.72. The zero-order valence-electron chi connectivity index (χ0n) is 14.0. The van der Waals surface area contributed by atoms with E-state index in [0.717, 1.165) is 18.5 Å². The van der Waals surface area contributed by atoms with Crippen LogP contribution < -0.4 is 15.5 Å². The number of amides is 3. The van der Waals surface area contributed by atoms with Gasteiger partial charge in [0.25, 0.3) is 5.91 Å². The molecule has 0 atom stereocenters. The highest BCUT2D eigenvalue weighted by molar-refractivity contribution is 5.98. The molecule has 2 N–H and O–H groups in total. The van der Waals surface area contributed by atoms with Gasteiger partial charge in [-0.3, -0.25) is 9.69 Å². The topological polar surface area (TPSA) is 61.4 Å². The Hall–Kier alpha value is -2.82. The van der Waals surface area contributed by atoms with E-state index in [1.54, 1.807) is 17.0 Å². The van der Waals surface area contributed by atoms with Crippen LogP contribution in [-0.4, -0.2) is 31.6 Å². The summed E-state index contributed by atoms with van der Waals surface area (Å²) < 4.78 is 0.